The zero-order chi connectivity index (χ0) is 27.0. The number of fused-ring (bicyclic) bond motifs is 1. The van der Waals surface area contributed by atoms with Gasteiger partial charge in [0.25, 0.3) is 5.78 Å². The van der Waals surface area contributed by atoms with Crippen LogP contribution in [0, 0.1) is 0 Å². The van der Waals surface area contributed by atoms with Gasteiger partial charge < -0.3 is 19.3 Å². The van der Waals surface area contributed by atoms with Gasteiger partial charge in [-0.25, -0.2) is 4.98 Å². The van der Waals surface area contributed by atoms with E-state index in [1.807, 2.05) is 18.2 Å². The number of methoxy groups -OCH3 is 3. The maximum atomic E-state index is 13.6. The topological polar surface area (TPSA) is 98.2 Å². The first-order valence-electron chi connectivity index (χ1n) is 12.0. The minimum atomic E-state index is -1.01. The van der Waals surface area contributed by atoms with Crippen LogP contribution in [0.3, 0.4) is 0 Å². The summed E-state index contributed by atoms with van der Waals surface area (Å²) in [5, 5.41) is 11.8. The summed E-state index contributed by atoms with van der Waals surface area (Å²) in [6, 6.07) is 16.7. The maximum absolute atomic E-state index is 13.6. The van der Waals surface area contributed by atoms with Crippen molar-refractivity contribution in [2.24, 2.45) is 0 Å². The Morgan fingerprint density at radius 2 is 1.66 bits per heavy atom. The molecule has 8 nitrogen and oxygen atoms in total. The third-order valence-electron chi connectivity index (χ3n) is 6.60. The van der Waals surface area contributed by atoms with Crippen molar-refractivity contribution < 1.29 is 28.9 Å². The van der Waals surface area contributed by atoms with E-state index in [2.05, 4.69) is 6.92 Å². The van der Waals surface area contributed by atoms with Crippen molar-refractivity contribution in [3.63, 3.8) is 0 Å². The number of anilines is 1. The van der Waals surface area contributed by atoms with Gasteiger partial charge in [0.2, 0.25) is 0 Å². The zero-order valence-electron chi connectivity index (χ0n) is 21.3. The second-order valence-electron chi connectivity index (χ2n) is 8.66. The number of hydrogen-bond donors (Lipinski definition) is 1. The lowest BCUT2D eigenvalue weighted by Crippen LogP contribution is -2.29. The van der Waals surface area contributed by atoms with Crippen LogP contribution in [0.25, 0.3) is 16.0 Å². The highest BCUT2D eigenvalue weighted by atomic mass is 32.1. The van der Waals surface area contributed by atoms with E-state index in [1.54, 1.807) is 42.5 Å². The number of rotatable bonds is 7. The molecule has 1 fully saturated rings. The number of Topliss-reactive ketones (excluding diaryl/α,β-unsaturated/α-hetero) is 1. The average Bonchev–Trinajstić information content (AvgIpc) is 3.49. The molecular weight excluding hydrogens is 504 g/mol. The number of benzene rings is 3. The van der Waals surface area contributed by atoms with Crippen LogP contribution in [0.5, 0.6) is 17.2 Å². The highest BCUT2D eigenvalue weighted by molar-refractivity contribution is 7.22. The van der Waals surface area contributed by atoms with Crippen LogP contribution < -0.4 is 19.1 Å². The standard InChI is InChI=1S/C29H26N2O6S/c1-5-16-6-12-21-23(14-16)38-29(30-21)31-25(20-15-19(36-3)11-13-22(20)37-4)24(27(33)28(31)34)26(32)17-7-9-18(35-2)10-8-17/h6-15,25,32H,5H2,1-4H3/b26-24+. The first kappa shape index (κ1) is 25.3. The van der Waals surface area contributed by atoms with Gasteiger partial charge >= 0.3 is 5.91 Å². The molecule has 0 bridgehead atoms. The number of carbonyl (C=O) groups excluding carboxylic acids is 2. The van der Waals surface area contributed by atoms with Gasteiger partial charge in [0.15, 0.2) is 5.13 Å². The highest BCUT2D eigenvalue weighted by Crippen LogP contribution is 2.47. The molecule has 3 aromatic carbocycles. The molecule has 0 spiro atoms. The molecule has 1 saturated heterocycles. The van der Waals surface area contributed by atoms with Crippen LogP contribution in [0.1, 0.15) is 29.7 Å². The van der Waals surface area contributed by atoms with Gasteiger partial charge in [-0.15, -0.1) is 0 Å². The third-order valence-corrected chi connectivity index (χ3v) is 7.61. The van der Waals surface area contributed by atoms with Crippen LogP contribution in [0.2, 0.25) is 0 Å². The molecule has 38 heavy (non-hydrogen) atoms. The van der Waals surface area contributed by atoms with Gasteiger partial charge in [-0.2, -0.15) is 0 Å². The third kappa shape index (κ3) is 4.24. The van der Waals surface area contributed by atoms with Gasteiger partial charge in [0.1, 0.15) is 29.0 Å². The maximum Gasteiger partial charge on any atom is 0.301 e. The largest absolute Gasteiger partial charge is 0.507 e. The second-order valence-corrected chi connectivity index (χ2v) is 9.67. The molecule has 1 unspecified atom stereocenters. The zero-order valence-corrected chi connectivity index (χ0v) is 22.2. The minimum absolute atomic E-state index is 0.0692. The van der Waals surface area contributed by atoms with E-state index in [0.29, 0.717) is 33.5 Å². The number of aliphatic hydroxyl groups excluding tert-OH is 1. The predicted octanol–water partition coefficient (Wildman–Crippen LogP) is 5.51. The molecule has 1 N–H and O–H groups in total. The lowest BCUT2D eigenvalue weighted by atomic mass is 9.94. The van der Waals surface area contributed by atoms with Crippen molar-refractivity contribution in [2.45, 2.75) is 19.4 Å². The summed E-state index contributed by atoms with van der Waals surface area (Å²) >= 11 is 1.32. The van der Waals surface area contributed by atoms with Gasteiger partial charge in [0.05, 0.1) is 37.1 Å². The summed E-state index contributed by atoms with van der Waals surface area (Å²) in [5.41, 5.74) is 2.64. The number of amides is 1. The summed E-state index contributed by atoms with van der Waals surface area (Å²) in [5.74, 6) is -0.386. The van der Waals surface area contributed by atoms with Crippen molar-refractivity contribution in [2.75, 3.05) is 26.2 Å². The fourth-order valence-corrected chi connectivity index (χ4v) is 5.62. The fourth-order valence-electron chi connectivity index (χ4n) is 4.56. The highest BCUT2D eigenvalue weighted by Gasteiger charge is 2.49. The summed E-state index contributed by atoms with van der Waals surface area (Å²) in [6.07, 6.45) is 0.858. The van der Waals surface area contributed by atoms with Crippen LogP contribution >= 0.6 is 11.3 Å². The van der Waals surface area contributed by atoms with Crippen molar-refractivity contribution in [3.8, 4) is 17.2 Å². The summed E-state index contributed by atoms with van der Waals surface area (Å²) in [6.45, 7) is 2.07. The van der Waals surface area contributed by atoms with Crippen LogP contribution in [-0.2, 0) is 16.0 Å². The summed E-state index contributed by atoms with van der Waals surface area (Å²) in [7, 11) is 4.57. The van der Waals surface area contributed by atoms with Crippen molar-refractivity contribution in [3.05, 3.63) is 82.9 Å². The fraction of sp³-hybridized carbons (Fsp3) is 0.207. The number of aliphatic hydroxyl groups is 1. The first-order chi connectivity index (χ1) is 18.4. The lowest BCUT2D eigenvalue weighted by Gasteiger charge is -2.25. The number of carbonyl (C=O) groups is 2. The molecule has 0 aliphatic carbocycles. The molecule has 194 valence electrons. The molecule has 0 radical (unpaired) electrons. The number of aryl methyl sites for hydroxylation is 1. The van der Waals surface area contributed by atoms with Crippen LogP contribution in [0.15, 0.2) is 66.2 Å². The molecule has 1 amide bonds. The molecule has 2 heterocycles. The normalized spacial score (nSPS) is 16.7. The average molecular weight is 531 g/mol. The van der Waals surface area contributed by atoms with E-state index in [4.69, 9.17) is 19.2 Å². The molecule has 9 heteroatoms. The quantitative estimate of drug-likeness (QED) is 0.191. The SMILES string of the molecule is CCc1ccc2nc(N3C(=O)C(=O)/C(=C(/O)c4ccc(OC)cc4)C3c3cc(OC)ccc3OC)sc2c1. The first-order valence-corrected chi connectivity index (χ1v) is 12.8. The Morgan fingerprint density at radius 1 is 0.947 bits per heavy atom. The minimum Gasteiger partial charge on any atom is -0.507 e. The monoisotopic (exact) mass is 530 g/mol. The van der Waals surface area contributed by atoms with E-state index in [-0.39, 0.29) is 11.3 Å². The second kappa shape index (κ2) is 10.2. The Labute approximate surface area is 223 Å². The number of hydrogen-bond acceptors (Lipinski definition) is 8. The number of nitrogens with zero attached hydrogens (tertiary/aromatic N) is 2. The van der Waals surface area contributed by atoms with Crippen molar-refractivity contribution >= 4 is 44.1 Å². The van der Waals surface area contributed by atoms with Crippen molar-refractivity contribution in [1.29, 1.82) is 0 Å². The molecular formula is C29H26N2O6S. The van der Waals surface area contributed by atoms with Gasteiger partial charge in [0, 0.05) is 11.1 Å². The lowest BCUT2D eigenvalue weighted by molar-refractivity contribution is -0.132. The predicted molar refractivity (Wildman–Crippen MR) is 146 cm³/mol. The Kier molecular flexibility index (Phi) is 6.77. The molecule has 1 aromatic heterocycles. The van der Waals surface area contributed by atoms with Crippen LogP contribution in [0.4, 0.5) is 5.13 Å². The molecule has 1 aliphatic rings. The van der Waals surface area contributed by atoms with E-state index < -0.39 is 17.7 Å². The molecule has 5 rings (SSSR count). The Balaban J connectivity index is 1.76. The number of ketones is 1. The Morgan fingerprint density at radius 3 is 2.32 bits per heavy atom. The Bertz CT molecular complexity index is 1570. The smallest absolute Gasteiger partial charge is 0.301 e. The molecule has 0 saturated carbocycles. The number of aromatic nitrogens is 1. The van der Waals surface area contributed by atoms with Gasteiger partial charge in [-0.05, 0) is 66.6 Å². The number of thiazole rings is 1. The van der Waals surface area contributed by atoms with Crippen LogP contribution in [-0.4, -0.2) is 43.1 Å². The molecule has 4 aromatic rings. The Hall–Kier alpha value is -4.37. The summed E-state index contributed by atoms with van der Waals surface area (Å²) < 4.78 is 17.2. The number of ether oxygens (including phenoxy) is 3. The molecule has 1 atom stereocenters. The molecule has 1 aliphatic heterocycles. The van der Waals surface area contributed by atoms with E-state index in [9.17, 15) is 14.7 Å². The van der Waals surface area contributed by atoms with Gasteiger partial charge in [-0.1, -0.05) is 24.3 Å². The van der Waals surface area contributed by atoms with Crippen molar-refractivity contribution in [1.82, 2.24) is 4.98 Å². The van der Waals surface area contributed by atoms with E-state index in [0.717, 1.165) is 22.2 Å². The van der Waals surface area contributed by atoms with Gasteiger partial charge in [-0.3, -0.25) is 14.5 Å². The van der Waals surface area contributed by atoms with E-state index in [1.165, 1.54) is 37.6 Å². The summed E-state index contributed by atoms with van der Waals surface area (Å²) in [4.78, 5) is 33.2. The van der Waals surface area contributed by atoms with E-state index >= 15 is 0 Å².